The Balaban J connectivity index is 1.56. The summed E-state index contributed by atoms with van der Waals surface area (Å²) in [5, 5.41) is 0. The third-order valence-electron chi connectivity index (χ3n) is 5.77. The summed E-state index contributed by atoms with van der Waals surface area (Å²) >= 11 is 3.54. The highest BCUT2D eigenvalue weighted by molar-refractivity contribution is 9.11. The van der Waals surface area contributed by atoms with Crippen LogP contribution in [0.4, 0.5) is 0 Å². The van der Waals surface area contributed by atoms with Crippen molar-refractivity contribution in [3.63, 3.8) is 0 Å². The van der Waals surface area contributed by atoms with Gasteiger partial charge in [-0.15, -0.1) is 0 Å². The molecule has 1 unspecified atom stereocenters. The number of benzene rings is 3. The van der Waals surface area contributed by atoms with Gasteiger partial charge >= 0.3 is 5.97 Å². The van der Waals surface area contributed by atoms with Crippen LogP contribution in [-0.4, -0.2) is 37.2 Å². The first kappa shape index (κ1) is 27.2. The van der Waals surface area contributed by atoms with E-state index in [1.165, 1.54) is 6.92 Å². The van der Waals surface area contributed by atoms with Crippen LogP contribution in [-0.2, 0) is 48.3 Å². The lowest BCUT2D eigenvalue weighted by molar-refractivity contribution is -0.207. The van der Waals surface area contributed by atoms with Crippen molar-refractivity contribution in [3.05, 3.63) is 118 Å². The summed E-state index contributed by atoms with van der Waals surface area (Å²) in [5.41, 5.74) is 3.11. The molecule has 6 nitrogen and oxygen atoms in total. The summed E-state index contributed by atoms with van der Waals surface area (Å²) < 4.78 is 31.1. The molecule has 0 saturated heterocycles. The first-order valence-electron chi connectivity index (χ1n) is 12.2. The number of carbonyl (C=O) groups is 1. The zero-order valence-electron chi connectivity index (χ0n) is 20.7. The number of halogens is 1. The maximum Gasteiger partial charge on any atom is 0.305 e. The third-order valence-corrected chi connectivity index (χ3v) is 6.41. The van der Waals surface area contributed by atoms with Crippen molar-refractivity contribution in [1.29, 1.82) is 0 Å². The molecule has 1 heterocycles. The first-order valence-corrected chi connectivity index (χ1v) is 13.0. The SMILES string of the molecule is CC(=O)OC1O[C@H](COCc2ccccc2)[C@@H](OCc2ccccc2)[C@H](OCc2ccccc2)C=C1Br. The van der Waals surface area contributed by atoms with Crippen LogP contribution in [0.1, 0.15) is 23.6 Å². The topological polar surface area (TPSA) is 63.2 Å². The zero-order valence-corrected chi connectivity index (χ0v) is 22.3. The zero-order chi connectivity index (χ0) is 25.9. The van der Waals surface area contributed by atoms with E-state index >= 15 is 0 Å². The lowest BCUT2D eigenvalue weighted by Gasteiger charge is -2.31. The first-order chi connectivity index (χ1) is 18.1. The second-order valence-corrected chi connectivity index (χ2v) is 9.61. The smallest absolute Gasteiger partial charge is 0.305 e. The fraction of sp³-hybridized carbons (Fsp3) is 0.300. The van der Waals surface area contributed by atoms with Crippen molar-refractivity contribution in [2.75, 3.05) is 6.61 Å². The summed E-state index contributed by atoms with van der Waals surface area (Å²) in [5.74, 6) is -0.454. The molecule has 1 aliphatic rings. The Morgan fingerprint density at radius 3 is 1.84 bits per heavy atom. The van der Waals surface area contributed by atoms with Gasteiger partial charge in [0.2, 0.25) is 6.29 Å². The van der Waals surface area contributed by atoms with Crippen LogP contribution in [0.5, 0.6) is 0 Å². The highest BCUT2D eigenvalue weighted by atomic mass is 79.9. The highest BCUT2D eigenvalue weighted by Gasteiger charge is 2.38. The minimum absolute atomic E-state index is 0.214. The highest BCUT2D eigenvalue weighted by Crippen LogP contribution is 2.29. The van der Waals surface area contributed by atoms with Crippen molar-refractivity contribution in [1.82, 2.24) is 0 Å². The van der Waals surface area contributed by atoms with Crippen LogP contribution in [0.3, 0.4) is 0 Å². The van der Waals surface area contributed by atoms with E-state index in [-0.39, 0.29) is 6.61 Å². The molecule has 0 bridgehead atoms. The molecule has 0 saturated carbocycles. The molecule has 7 heteroatoms. The van der Waals surface area contributed by atoms with Gasteiger partial charge < -0.3 is 23.7 Å². The number of rotatable bonds is 11. The summed E-state index contributed by atoms with van der Waals surface area (Å²) in [4.78, 5) is 11.8. The fourth-order valence-corrected chi connectivity index (χ4v) is 4.42. The van der Waals surface area contributed by atoms with E-state index in [9.17, 15) is 4.79 Å². The van der Waals surface area contributed by atoms with Gasteiger partial charge in [0.1, 0.15) is 18.3 Å². The van der Waals surface area contributed by atoms with Crippen molar-refractivity contribution in [2.45, 2.75) is 51.3 Å². The van der Waals surface area contributed by atoms with Gasteiger partial charge in [-0.2, -0.15) is 0 Å². The van der Waals surface area contributed by atoms with Crippen molar-refractivity contribution >= 4 is 21.9 Å². The Morgan fingerprint density at radius 1 is 0.784 bits per heavy atom. The van der Waals surface area contributed by atoms with Crippen LogP contribution in [0.2, 0.25) is 0 Å². The van der Waals surface area contributed by atoms with E-state index in [2.05, 4.69) is 15.9 Å². The molecule has 0 N–H and O–H groups in total. The van der Waals surface area contributed by atoms with Crippen LogP contribution in [0.15, 0.2) is 102 Å². The molecular weight excluding hydrogens is 536 g/mol. The molecule has 0 amide bonds. The van der Waals surface area contributed by atoms with E-state index in [1.807, 2.05) is 97.1 Å². The number of hydrogen-bond acceptors (Lipinski definition) is 6. The van der Waals surface area contributed by atoms with Crippen molar-refractivity contribution < 1.29 is 28.5 Å². The van der Waals surface area contributed by atoms with Gasteiger partial charge in [-0.25, -0.2) is 0 Å². The molecule has 0 spiro atoms. The molecule has 1 aliphatic heterocycles. The third kappa shape index (κ3) is 8.62. The molecule has 3 aromatic rings. The van der Waals surface area contributed by atoms with Crippen molar-refractivity contribution in [2.24, 2.45) is 0 Å². The van der Waals surface area contributed by atoms with E-state index in [0.717, 1.165) is 16.7 Å². The standard InChI is InChI=1S/C30H31BrO6/c1-22(32)36-30-26(31)17-27(34-19-24-13-7-3-8-14-24)29(35-20-25-15-9-4-10-16-25)28(37-30)21-33-18-23-11-5-2-6-12-23/h2-17,27-30H,18-21H2,1H3/t27-,28-,29+,30?/m1/s1. The molecule has 0 aliphatic carbocycles. The normalized spacial score (nSPS) is 21.6. The average molecular weight is 567 g/mol. The number of ether oxygens (including phenoxy) is 5. The summed E-state index contributed by atoms with van der Waals surface area (Å²) in [6.45, 7) is 2.71. The second-order valence-electron chi connectivity index (χ2n) is 8.69. The van der Waals surface area contributed by atoms with Gasteiger partial charge in [0, 0.05) is 6.92 Å². The molecule has 0 aromatic heterocycles. The molecule has 0 radical (unpaired) electrons. The van der Waals surface area contributed by atoms with Gasteiger partial charge in [-0.05, 0) is 38.7 Å². The van der Waals surface area contributed by atoms with Gasteiger partial charge in [-0.1, -0.05) is 91.0 Å². The number of hydrogen-bond donors (Lipinski definition) is 0. The van der Waals surface area contributed by atoms with Crippen LogP contribution < -0.4 is 0 Å². The Hall–Kier alpha value is -2.81. The summed E-state index contributed by atoms with van der Waals surface area (Å²) in [6, 6.07) is 29.8. The fourth-order valence-electron chi connectivity index (χ4n) is 3.96. The lowest BCUT2D eigenvalue weighted by atomic mass is 10.1. The average Bonchev–Trinajstić information content (AvgIpc) is 3.03. The summed E-state index contributed by atoms with van der Waals surface area (Å²) in [7, 11) is 0. The van der Waals surface area contributed by atoms with Crippen LogP contribution in [0, 0.1) is 0 Å². The number of carbonyl (C=O) groups excluding carboxylic acids is 1. The Morgan fingerprint density at radius 2 is 1.30 bits per heavy atom. The molecule has 194 valence electrons. The number of esters is 1. The Bertz CT molecular complexity index is 1120. The van der Waals surface area contributed by atoms with Crippen LogP contribution in [0.25, 0.3) is 0 Å². The molecule has 3 aromatic carbocycles. The maximum absolute atomic E-state index is 11.8. The monoisotopic (exact) mass is 566 g/mol. The van der Waals surface area contributed by atoms with E-state index < -0.39 is 30.6 Å². The quantitative estimate of drug-likeness (QED) is 0.267. The maximum atomic E-state index is 11.8. The minimum atomic E-state index is -0.934. The Labute approximate surface area is 226 Å². The lowest BCUT2D eigenvalue weighted by Crippen LogP contribution is -2.44. The van der Waals surface area contributed by atoms with Gasteiger partial charge in [0.15, 0.2) is 0 Å². The predicted octanol–water partition coefficient (Wildman–Crippen LogP) is 5.94. The van der Waals surface area contributed by atoms with Gasteiger partial charge in [0.25, 0.3) is 0 Å². The van der Waals surface area contributed by atoms with Gasteiger partial charge in [-0.3, -0.25) is 4.79 Å². The molecule has 4 rings (SSSR count). The van der Waals surface area contributed by atoms with Crippen LogP contribution >= 0.6 is 15.9 Å². The molecule has 37 heavy (non-hydrogen) atoms. The van der Waals surface area contributed by atoms with E-state index in [1.54, 1.807) is 0 Å². The Kier molecular flexibility index (Phi) is 10.5. The largest absolute Gasteiger partial charge is 0.431 e. The summed E-state index contributed by atoms with van der Waals surface area (Å²) in [6.07, 6.45) is -0.694. The van der Waals surface area contributed by atoms with E-state index in [4.69, 9.17) is 23.7 Å². The molecule has 4 atom stereocenters. The molecule has 0 fully saturated rings. The van der Waals surface area contributed by atoms with Gasteiger partial charge in [0.05, 0.1) is 30.9 Å². The van der Waals surface area contributed by atoms with Crippen molar-refractivity contribution in [3.8, 4) is 0 Å². The minimum Gasteiger partial charge on any atom is -0.431 e. The van der Waals surface area contributed by atoms with E-state index in [0.29, 0.717) is 24.3 Å². The predicted molar refractivity (Wildman–Crippen MR) is 144 cm³/mol. The second kappa shape index (κ2) is 14.2. The molecular formula is C30H31BrO6.